The predicted octanol–water partition coefficient (Wildman–Crippen LogP) is 1.26. The van der Waals surface area contributed by atoms with Gasteiger partial charge in [0.2, 0.25) is 11.8 Å². The van der Waals surface area contributed by atoms with Crippen molar-refractivity contribution in [2.75, 3.05) is 51.9 Å². The Morgan fingerprint density at radius 1 is 1.27 bits per heavy atom. The molecular weight excluding hydrogens is 334 g/mol. The summed E-state index contributed by atoms with van der Waals surface area (Å²) in [5, 5.41) is 6.30. The lowest BCUT2D eigenvalue weighted by atomic mass is 9.87. The molecule has 0 bridgehead atoms. The van der Waals surface area contributed by atoms with E-state index in [1.807, 2.05) is 37.3 Å². The van der Waals surface area contributed by atoms with Gasteiger partial charge in [0.25, 0.3) is 0 Å². The van der Waals surface area contributed by atoms with Crippen molar-refractivity contribution < 1.29 is 19.1 Å². The molecule has 1 aliphatic heterocycles. The van der Waals surface area contributed by atoms with Gasteiger partial charge in [-0.15, -0.1) is 0 Å². The van der Waals surface area contributed by atoms with Crippen LogP contribution in [0.3, 0.4) is 0 Å². The fourth-order valence-corrected chi connectivity index (χ4v) is 3.13. The van der Waals surface area contributed by atoms with E-state index in [4.69, 9.17) is 9.47 Å². The third-order valence-corrected chi connectivity index (χ3v) is 4.46. The highest BCUT2D eigenvalue weighted by molar-refractivity contribution is 5.91. The smallest absolute Gasteiger partial charge is 0.248 e. The van der Waals surface area contributed by atoms with Crippen molar-refractivity contribution in [3.63, 3.8) is 0 Å². The Morgan fingerprint density at radius 3 is 2.73 bits per heavy atom. The van der Waals surface area contributed by atoms with Crippen LogP contribution in [-0.2, 0) is 19.1 Å². The molecule has 0 spiro atoms. The number of anilines is 1. The standard InChI is InChI=1S/C19H29N3O4/c1-3-26-14-17(23)22-12-7-10-19(15-22,18(24)20-11-13-25-2)21-16-8-5-4-6-9-16/h4-6,8-9,21H,3,7,10-15H2,1-2H3,(H,20,24). The maximum atomic E-state index is 13.0. The number of para-hydroxylation sites is 1. The molecule has 144 valence electrons. The monoisotopic (exact) mass is 363 g/mol. The number of amides is 2. The number of rotatable bonds is 9. The highest BCUT2D eigenvalue weighted by Gasteiger charge is 2.43. The second kappa shape index (κ2) is 10.1. The minimum absolute atomic E-state index is 0.0449. The first-order valence-electron chi connectivity index (χ1n) is 9.07. The molecule has 1 aromatic rings. The van der Waals surface area contributed by atoms with Gasteiger partial charge >= 0.3 is 0 Å². The molecule has 2 N–H and O–H groups in total. The maximum absolute atomic E-state index is 13.0. The highest BCUT2D eigenvalue weighted by Crippen LogP contribution is 2.26. The third-order valence-electron chi connectivity index (χ3n) is 4.46. The van der Waals surface area contributed by atoms with Crippen molar-refractivity contribution in [2.24, 2.45) is 0 Å². The average Bonchev–Trinajstić information content (AvgIpc) is 2.67. The zero-order chi connectivity index (χ0) is 18.8. The van der Waals surface area contributed by atoms with E-state index in [0.29, 0.717) is 39.3 Å². The van der Waals surface area contributed by atoms with Gasteiger partial charge in [0.05, 0.1) is 13.2 Å². The molecule has 1 unspecified atom stereocenters. The Kier molecular flexibility index (Phi) is 7.87. The van der Waals surface area contributed by atoms with Crippen LogP contribution in [0, 0.1) is 0 Å². The molecule has 0 aromatic heterocycles. The largest absolute Gasteiger partial charge is 0.383 e. The summed E-state index contributed by atoms with van der Waals surface area (Å²) < 4.78 is 10.3. The molecule has 0 saturated carbocycles. The highest BCUT2D eigenvalue weighted by atomic mass is 16.5. The van der Waals surface area contributed by atoms with Crippen molar-refractivity contribution in [2.45, 2.75) is 25.3 Å². The van der Waals surface area contributed by atoms with E-state index in [-0.39, 0.29) is 18.4 Å². The van der Waals surface area contributed by atoms with Gasteiger partial charge in [0.15, 0.2) is 0 Å². The quantitative estimate of drug-likeness (QED) is 0.646. The van der Waals surface area contributed by atoms with E-state index in [0.717, 1.165) is 12.1 Å². The molecule has 2 amide bonds. The van der Waals surface area contributed by atoms with Crippen LogP contribution in [-0.4, -0.2) is 68.8 Å². The second-order valence-corrected chi connectivity index (χ2v) is 6.38. The second-order valence-electron chi connectivity index (χ2n) is 6.38. The fraction of sp³-hybridized carbons (Fsp3) is 0.579. The first kappa shape index (κ1) is 20.2. The van der Waals surface area contributed by atoms with Crippen LogP contribution in [0.15, 0.2) is 30.3 Å². The number of carbonyl (C=O) groups excluding carboxylic acids is 2. The molecule has 1 fully saturated rings. The number of carbonyl (C=O) groups is 2. The van der Waals surface area contributed by atoms with Crippen LogP contribution in [0.1, 0.15) is 19.8 Å². The van der Waals surface area contributed by atoms with E-state index in [1.165, 1.54) is 0 Å². The predicted molar refractivity (Wildman–Crippen MR) is 100.0 cm³/mol. The Labute approximate surface area is 155 Å². The molecule has 1 aromatic carbocycles. The number of benzene rings is 1. The Hall–Kier alpha value is -2.12. The molecule has 1 aliphatic rings. The topological polar surface area (TPSA) is 79.9 Å². The normalized spacial score (nSPS) is 19.8. The number of methoxy groups -OCH3 is 1. The van der Waals surface area contributed by atoms with Gasteiger partial charge in [0.1, 0.15) is 12.1 Å². The van der Waals surface area contributed by atoms with E-state index in [2.05, 4.69) is 10.6 Å². The molecule has 1 heterocycles. The van der Waals surface area contributed by atoms with Crippen LogP contribution >= 0.6 is 0 Å². The number of hydrogen-bond donors (Lipinski definition) is 2. The molecule has 2 rings (SSSR count). The van der Waals surface area contributed by atoms with Crippen LogP contribution < -0.4 is 10.6 Å². The zero-order valence-corrected chi connectivity index (χ0v) is 15.6. The summed E-state index contributed by atoms with van der Waals surface area (Å²) in [4.78, 5) is 27.1. The first-order valence-corrected chi connectivity index (χ1v) is 9.07. The third kappa shape index (κ3) is 5.44. The molecule has 0 aliphatic carbocycles. The summed E-state index contributed by atoms with van der Waals surface area (Å²) in [6.45, 7) is 4.21. The zero-order valence-electron chi connectivity index (χ0n) is 15.6. The number of ether oxygens (including phenoxy) is 2. The van der Waals surface area contributed by atoms with Gasteiger partial charge in [-0.1, -0.05) is 18.2 Å². The molecule has 1 atom stereocenters. The summed E-state index contributed by atoms with van der Waals surface area (Å²) in [7, 11) is 1.60. The number of nitrogens with one attached hydrogen (secondary N) is 2. The number of nitrogens with zero attached hydrogens (tertiary/aromatic N) is 1. The van der Waals surface area contributed by atoms with Crippen LogP contribution in [0.2, 0.25) is 0 Å². The summed E-state index contributed by atoms with van der Waals surface area (Å²) in [5.74, 6) is -0.206. The van der Waals surface area contributed by atoms with Crippen molar-refractivity contribution in [1.82, 2.24) is 10.2 Å². The van der Waals surface area contributed by atoms with Gasteiger partial charge in [-0.25, -0.2) is 0 Å². The lowest BCUT2D eigenvalue weighted by Crippen LogP contribution is -2.63. The van der Waals surface area contributed by atoms with E-state index in [1.54, 1.807) is 12.0 Å². The van der Waals surface area contributed by atoms with Gasteiger partial charge in [-0.2, -0.15) is 0 Å². The molecule has 7 nitrogen and oxygen atoms in total. The Bertz CT molecular complexity index is 581. The number of likely N-dealkylation sites (tertiary alicyclic amines) is 1. The number of hydrogen-bond acceptors (Lipinski definition) is 5. The van der Waals surface area contributed by atoms with Gasteiger partial charge < -0.3 is 25.0 Å². The molecule has 0 radical (unpaired) electrons. The average molecular weight is 363 g/mol. The summed E-state index contributed by atoms with van der Waals surface area (Å²) in [6, 6.07) is 9.60. The van der Waals surface area contributed by atoms with Crippen LogP contribution in [0.4, 0.5) is 5.69 Å². The minimum atomic E-state index is -0.866. The Balaban J connectivity index is 2.16. The van der Waals surface area contributed by atoms with E-state index < -0.39 is 5.54 Å². The van der Waals surface area contributed by atoms with Gasteiger partial charge in [-0.05, 0) is 31.9 Å². The molecular formula is C19H29N3O4. The molecule has 26 heavy (non-hydrogen) atoms. The summed E-state index contributed by atoms with van der Waals surface area (Å²) in [6.07, 6.45) is 1.40. The van der Waals surface area contributed by atoms with Crippen molar-refractivity contribution in [3.8, 4) is 0 Å². The van der Waals surface area contributed by atoms with E-state index >= 15 is 0 Å². The molecule has 1 saturated heterocycles. The SMILES string of the molecule is CCOCC(=O)N1CCCC(Nc2ccccc2)(C(=O)NCCOC)C1. The lowest BCUT2D eigenvalue weighted by Gasteiger charge is -2.42. The van der Waals surface area contributed by atoms with Crippen molar-refractivity contribution >= 4 is 17.5 Å². The van der Waals surface area contributed by atoms with Crippen molar-refractivity contribution in [1.29, 1.82) is 0 Å². The van der Waals surface area contributed by atoms with Crippen LogP contribution in [0.5, 0.6) is 0 Å². The fourth-order valence-electron chi connectivity index (χ4n) is 3.13. The summed E-state index contributed by atoms with van der Waals surface area (Å²) >= 11 is 0. The van der Waals surface area contributed by atoms with Crippen LogP contribution in [0.25, 0.3) is 0 Å². The number of piperidine rings is 1. The van der Waals surface area contributed by atoms with Gasteiger partial charge in [-0.3, -0.25) is 9.59 Å². The lowest BCUT2D eigenvalue weighted by molar-refractivity contribution is -0.140. The molecule has 7 heteroatoms. The first-order chi connectivity index (χ1) is 12.6. The van der Waals surface area contributed by atoms with Gasteiger partial charge in [0, 0.05) is 32.5 Å². The maximum Gasteiger partial charge on any atom is 0.248 e. The van der Waals surface area contributed by atoms with Crippen molar-refractivity contribution in [3.05, 3.63) is 30.3 Å². The minimum Gasteiger partial charge on any atom is -0.383 e. The Morgan fingerprint density at radius 2 is 2.04 bits per heavy atom. The summed E-state index contributed by atoms with van der Waals surface area (Å²) in [5.41, 5.74) is -0.0108. The van der Waals surface area contributed by atoms with E-state index in [9.17, 15) is 9.59 Å².